The van der Waals surface area contributed by atoms with E-state index in [0.717, 1.165) is 24.2 Å². The number of esters is 1. The highest BCUT2D eigenvalue weighted by molar-refractivity contribution is 5.88. The first-order valence-electron chi connectivity index (χ1n) is 10.9. The molecular formula is C26H34N2O3. The zero-order valence-corrected chi connectivity index (χ0v) is 19.1. The Morgan fingerprint density at radius 1 is 1.00 bits per heavy atom. The molecule has 166 valence electrons. The number of rotatable bonds is 11. The Balaban J connectivity index is 2.11. The van der Waals surface area contributed by atoms with Crippen LogP contribution in [0.2, 0.25) is 0 Å². The van der Waals surface area contributed by atoms with E-state index in [2.05, 4.69) is 71.9 Å². The average Bonchev–Trinajstić information content (AvgIpc) is 2.79. The largest absolute Gasteiger partial charge is 0.456 e. The van der Waals surface area contributed by atoms with Crippen LogP contribution in [0, 0.1) is 11.8 Å². The summed E-state index contributed by atoms with van der Waals surface area (Å²) in [7, 11) is 1.99. The summed E-state index contributed by atoms with van der Waals surface area (Å²) in [5.41, 5.74) is 3.51. The molecular weight excluding hydrogens is 388 g/mol. The van der Waals surface area contributed by atoms with E-state index in [1.807, 2.05) is 25.2 Å². The summed E-state index contributed by atoms with van der Waals surface area (Å²) >= 11 is 0. The fourth-order valence-electron chi connectivity index (χ4n) is 3.35. The molecule has 0 saturated heterocycles. The first-order valence-corrected chi connectivity index (χ1v) is 10.9. The highest BCUT2D eigenvalue weighted by Gasteiger charge is 2.17. The van der Waals surface area contributed by atoms with Crippen molar-refractivity contribution < 1.29 is 14.3 Å². The maximum absolute atomic E-state index is 11.5. The molecule has 0 spiro atoms. The van der Waals surface area contributed by atoms with Gasteiger partial charge in [-0.05, 0) is 51.1 Å². The summed E-state index contributed by atoms with van der Waals surface area (Å²) in [5.74, 6) is 4.97. The molecule has 2 aromatic rings. The second-order valence-corrected chi connectivity index (χ2v) is 7.22. The van der Waals surface area contributed by atoms with Crippen molar-refractivity contribution in [3.63, 3.8) is 0 Å². The summed E-state index contributed by atoms with van der Waals surface area (Å²) < 4.78 is 10.9. The van der Waals surface area contributed by atoms with Crippen LogP contribution < -0.4 is 4.90 Å². The van der Waals surface area contributed by atoms with Crippen LogP contribution in [0.5, 0.6) is 0 Å². The molecule has 1 atom stereocenters. The third-order valence-corrected chi connectivity index (χ3v) is 5.12. The van der Waals surface area contributed by atoms with Gasteiger partial charge in [0.1, 0.15) is 0 Å². The minimum Gasteiger partial charge on any atom is -0.456 e. The van der Waals surface area contributed by atoms with Gasteiger partial charge in [0.2, 0.25) is 0 Å². The molecule has 0 aliphatic rings. The van der Waals surface area contributed by atoms with Crippen molar-refractivity contribution in [2.45, 2.75) is 33.4 Å². The van der Waals surface area contributed by atoms with Crippen molar-refractivity contribution in [1.82, 2.24) is 4.90 Å². The monoisotopic (exact) mass is 422 g/mol. The van der Waals surface area contributed by atoms with E-state index in [-0.39, 0.29) is 6.04 Å². The molecule has 0 aromatic heterocycles. The fraction of sp³-hybridized carbons (Fsp3) is 0.423. The zero-order valence-electron chi connectivity index (χ0n) is 19.1. The van der Waals surface area contributed by atoms with Gasteiger partial charge in [-0.3, -0.25) is 4.90 Å². The summed E-state index contributed by atoms with van der Waals surface area (Å²) in [6.45, 7) is 9.89. The van der Waals surface area contributed by atoms with Gasteiger partial charge in [0, 0.05) is 24.7 Å². The third kappa shape index (κ3) is 8.09. The average molecular weight is 423 g/mol. The van der Waals surface area contributed by atoms with E-state index in [9.17, 15) is 4.79 Å². The lowest BCUT2D eigenvalue weighted by Gasteiger charge is -2.28. The fourth-order valence-corrected chi connectivity index (χ4v) is 3.35. The van der Waals surface area contributed by atoms with Crippen LogP contribution in [0.3, 0.4) is 0 Å². The van der Waals surface area contributed by atoms with Gasteiger partial charge >= 0.3 is 5.97 Å². The van der Waals surface area contributed by atoms with Crippen molar-refractivity contribution in [3.8, 4) is 11.8 Å². The van der Waals surface area contributed by atoms with Crippen LogP contribution in [0.1, 0.15) is 37.9 Å². The van der Waals surface area contributed by atoms with E-state index in [1.54, 1.807) is 6.92 Å². The number of likely N-dealkylation sites (N-methyl/N-ethyl adjacent to an activating group) is 1. The molecule has 0 saturated carbocycles. The molecule has 0 heterocycles. The summed E-state index contributed by atoms with van der Waals surface area (Å²) in [4.78, 5) is 15.9. The van der Waals surface area contributed by atoms with Crippen LogP contribution in [-0.4, -0.2) is 50.8 Å². The van der Waals surface area contributed by atoms with Gasteiger partial charge in [-0.25, -0.2) is 4.79 Å². The van der Waals surface area contributed by atoms with Crippen LogP contribution in [0.4, 0.5) is 5.69 Å². The Morgan fingerprint density at radius 2 is 1.68 bits per heavy atom. The Hall–Kier alpha value is -2.81. The number of benzene rings is 2. The Bertz CT molecular complexity index is 836. The molecule has 5 heteroatoms. The maximum Gasteiger partial charge on any atom is 0.384 e. The number of hydrogen-bond donors (Lipinski definition) is 0. The van der Waals surface area contributed by atoms with Crippen molar-refractivity contribution in [1.29, 1.82) is 0 Å². The van der Waals surface area contributed by atoms with Gasteiger partial charge in [0.25, 0.3) is 0 Å². The van der Waals surface area contributed by atoms with Crippen LogP contribution in [-0.2, 0) is 20.9 Å². The topological polar surface area (TPSA) is 42.0 Å². The van der Waals surface area contributed by atoms with Crippen molar-refractivity contribution >= 4 is 11.7 Å². The van der Waals surface area contributed by atoms with Gasteiger partial charge < -0.3 is 14.4 Å². The Kier molecular flexibility index (Phi) is 10.6. The minimum absolute atomic E-state index is 0.0194. The molecule has 0 fully saturated rings. The predicted octanol–water partition coefficient (Wildman–Crippen LogP) is 4.29. The zero-order chi connectivity index (χ0) is 22.5. The van der Waals surface area contributed by atoms with E-state index < -0.39 is 5.97 Å². The number of hydrogen-bond acceptors (Lipinski definition) is 5. The Labute approximate surface area is 187 Å². The van der Waals surface area contributed by atoms with Gasteiger partial charge in [-0.15, -0.1) is 0 Å². The van der Waals surface area contributed by atoms with Crippen molar-refractivity contribution in [2.24, 2.45) is 0 Å². The molecule has 0 amide bonds. The van der Waals surface area contributed by atoms with Crippen molar-refractivity contribution in [3.05, 3.63) is 65.7 Å². The normalized spacial score (nSPS) is 11.5. The van der Waals surface area contributed by atoms with Gasteiger partial charge in [0.15, 0.2) is 0 Å². The molecule has 31 heavy (non-hydrogen) atoms. The molecule has 0 bridgehead atoms. The number of anilines is 1. The summed E-state index contributed by atoms with van der Waals surface area (Å²) in [6, 6.07) is 18.8. The number of ether oxygens (including phenoxy) is 2. The molecule has 0 radical (unpaired) electrons. The molecule has 1 unspecified atom stereocenters. The summed E-state index contributed by atoms with van der Waals surface area (Å²) in [6.07, 6.45) is 0. The molecule has 5 nitrogen and oxygen atoms in total. The smallest absolute Gasteiger partial charge is 0.384 e. The first-order chi connectivity index (χ1) is 15.1. The van der Waals surface area contributed by atoms with Gasteiger partial charge in [-0.1, -0.05) is 48.4 Å². The molecule has 0 aliphatic heterocycles. The summed E-state index contributed by atoms with van der Waals surface area (Å²) in [5, 5.41) is 0. The minimum atomic E-state index is -0.489. The first kappa shape index (κ1) is 24.5. The second-order valence-electron chi connectivity index (χ2n) is 7.22. The van der Waals surface area contributed by atoms with Crippen molar-refractivity contribution in [2.75, 3.05) is 44.8 Å². The van der Waals surface area contributed by atoms with E-state index >= 15 is 0 Å². The highest BCUT2D eigenvalue weighted by Crippen LogP contribution is 2.24. The highest BCUT2D eigenvalue weighted by atomic mass is 16.5. The van der Waals surface area contributed by atoms with Gasteiger partial charge in [0.05, 0.1) is 32.4 Å². The number of carbonyl (C=O) groups excluding carboxylic acids is 1. The predicted molar refractivity (Wildman–Crippen MR) is 126 cm³/mol. The van der Waals surface area contributed by atoms with Crippen LogP contribution >= 0.6 is 0 Å². The third-order valence-electron chi connectivity index (χ3n) is 5.12. The number of nitrogens with zero attached hydrogens (tertiary/aromatic N) is 2. The lowest BCUT2D eigenvalue weighted by molar-refractivity contribution is -0.136. The van der Waals surface area contributed by atoms with Crippen LogP contribution in [0.15, 0.2) is 54.6 Å². The SMILES string of the molecule is CCOC(=O)C#CCN(C)C(COCc1ccccc1)c1ccc(N(CC)CC)cc1. The van der Waals surface area contributed by atoms with E-state index in [1.165, 1.54) is 5.69 Å². The lowest BCUT2D eigenvalue weighted by atomic mass is 10.1. The molecule has 2 aromatic carbocycles. The quantitative estimate of drug-likeness (QED) is 0.307. The van der Waals surface area contributed by atoms with Crippen LogP contribution in [0.25, 0.3) is 0 Å². The Morgan fingerprint density at radius 3 is 2.29 bits per heavy atom. The van der Waals surface area contributed by atoms with Gasteiger partial charge in [-0.2, -0.15) is 0 Å². The standard InChI is InChI=1S/C26H34N2O3/c1-5-28(6-2)24-17-15-23(16-18-24)25(21-30-20-22-12-9-8-10-13-22)27(4)19-11-14-26(29)31-7-3/h8-10,12-13,15-18,25H,5-7,19-21H2,1-4H3. The molecule has 0 aliphatic carbocycles. The van der Waals surface area contributed by atoms with E-state index in [4.69, 9.17) is 9.47 Å². The molecule has 2 rings (SSSR count). The number of carbonyl (C=O) groups is 1. The van der Waals surface area contributed by atoms with E-state index in [0.29, 0.717) is 26.4 Å². The second kappa shape index (κ2) is 13.5. The maximum atomic E-state index is 11.5. The molecule has 0 N–H and O–H groups in total. The lowest BCUT2D eigenvalue weighted by Crippen LogP contribution is -2.29.